The van der Waals surface area contributed by atoms with Crippen LogP contribution in [0.15, 0.2) is 40.9 Å². The molecule has 2 aromatic rings. The lowest BCUT2D eigenvalue weighted by Gasteiger charge is -2.12. The highest BCUT2D eigenvalue weighted by Gasteiger charge is 2.07. The second-order valence-corrected chi connectivity index (χ2v) is 5.81. The molecule has 0 N–H and O–H groups in total. The third kappa shape index (κ3) is 3.28. The van der Waals surface area contributed by atoms with Crippen LogP contribution >= 0.6 is 43.5 Å². The van der Waals surface area contributed by atoms with Crippen molar-refractivity contribution in [1.29, 1.82) is 0 Å². The van der Waals surface area contributed by atoms with Crippen molar-refractivity contribution in [3.8, 4) is 11.5 Å². The molecule has 0 saturated heterocycles. The summed E-state index contributed by atoms with van der Waals surface area (Å²) in [5.41, 5.74) is 2.12. The number of aryl methyl sites for hydroxylation is 1. The van der Waals surface area contributed by atoms with Crippen LogP contribution in [0.4, 0.5) is 0 Å². The van der Waals surface area contributed by atoms with Crippen LogP contribution < -0.4 is 4.74 Å². The molecule has 0 radical (unpaired) electrons. The van der Waals surface area contributed by atoms with Crippen LogP contribution in [-0.4, -0.2) is 0 Å². The van der Waals surface area contributed by atoms with Gasteiger partial charge in [0.1, 0.15) is 11.5 Å². The fraction of sp³-hybridized carbons (Fsp3) is 0.143. The summed E-state index contributed by atoms with van der Waals surface area (Å²) in [6, 6.07) is 11.6. The molecule has 0 heterocycles. The minimum atomic E-state index is 0.707. The van der Waals surface area contributed by atoms with Gasteiger partial charge >= 0.3 is 0 Å². The van der Waals surface area contributed by atoms with Crippen LogP contribution in [0.5, 0.6) is 11.5 Å². The lowest BCUT2D eigenvalue weighted by atomic mass is 10.2. The second kappa shape index (κ2) is 6.09. The Hall–Kier alpha value is -0.510. The minimum absolute atomic E-state index is 0.707. The molecule has 0 unspecified atom stereocenters. The Morgan fingerprint density at radius 1 is 1.11 bits per heavy atom. The predicted molar refractivity (Wildman–Crippen MR) is 83.0 cm³/mol. The van der Waals surface area contributed by atoms with Crippen molar-refractivity contribution in [2.75, 3.05) is 0 Å². The van der Waals surface area contributed by atoms with Crippen molar-refractivity contribution < 1.29 is 4.74 Å². The van der Waals surface area contributed by atoms with Gasteiger partial charge in [-0.25, -0.2) is 0 Å². The molecular formula is C14H11Br2ClO. The summed E-state index contributed by atoms with van der Waals surface area (Å²) < 4.78 is 6.98. The van der Waals surface area contributed by atoms with E-state index in [-0.39, 0.29) is 0 Å². The summed E-state index contributed by atoms with van der Waals surface area (Å²) in [5, 5.41) is 1.42. The van der Waals surface area contributed by atoms with Gasteiger partial charge in [0, 0.05) is 20.4 Å². The average molecular weight is 391 g/mol. The van der Waals surface area contributed by atoms with Crippen molar-refractivity contribution in [2.24, 2.45) is 0 Å². The molecular weight excluding hydrogens is 379 g/mol. The first-order valence-electron chi connectivity index (χ1n) is 5.38. The summed E-state index contributed by atoms with van der Waals surface area (Å²) in [5.74, 6) is 1.67. The van der Waals surface area contributed by atoms with Crippen LogP contribution in [0.1, 0.15) is 11.1 Å². The smallest absolute Gasteiger partial charge is 0.131 e. The van der Waals surface area contributed by atoms with Gasteiger partial charge in [0.15, 0.2) is 0 Å². The van der Waals surface area contributed by atoms with Crippen LogP contribution in [0, 0.1) is 6.92 Å². The molecule has 0 aliphatic heterocycles. The highest BCUT2D eigenvalue weighted by molar-refractivity contribution is 9.10. The minimum Gasteiger partial charge on any atom is -0.457 e. The summed E-state index contributed by atoms with van der Waals surface area (Å²) in [7, 11) is 0. The quantitative estimate of drug-likeness (QED) is 0.576. The largest absolute Gasteiger partial charge is 0.457 e. The van der Waals surface area contributed by atoms with Crippen molar-refractivity contribution in [3.05, 3.63) is 57.0 Å². The number of rotatable bonds is 3. The fourth-order valence-electron chi connectivity index (χ4n) is 1.60. The van der Waals surface area contributed by atoms with Crippen molar-refractivity contribution in [3.63, 3.8) is 0 Å². The van der Waals surface area contributed by atoms with Gasteiger partial charge in [-0.3, -0.25) is 0 Å². The summed E-state index contributed by atoms with van der Waals surface area (Å²) >= 11 is 12.8. The molecule has 0 aromatic heterocycles. The van der Waals surface area contributed by atoms with E-state index in [1.165, 1.54) is 0 Å². The zero-order valence-corrected chi connectivity index (χ0v) is 13.6. The molecule has 0 amide bonds. The van der Waals surface area contributed by atoms with E-state index in [0.717, 1.165) is 27.1 Å². The van der Waals surface area contributed by atoms with Crippen LogP contribution in [-0.2, 0) is 5.33 Å². The van der Waals surface area contributed by atoms with E-state index in [1.54, 1.807) is 0 Å². The lowest BCUT2D eigenvalue weighted by Crippen LogP contribution is -1.91. The third-order valence-electron chi connectivity index (χ3n) is 2.52. The first-order chi connectivity index (χ1) is 8.60. The summed E-state index contributed by atoms with van der Waals surface area (Å²) in [6.45, 7) is 2.02. The first kappa shape index (κ1) is 13.9. The molecule has 0 saturated carbocycles. The van der Waals surface area contributed by atoms with Gasteiger partial charge in [-0.2, -0.15) is 0 Å². The molecule has 1 nitrogen and oxygen atoms in total. The average Bonchev–Trinajstić information content (AvgIpc) is 2.34. The van der Waals surface area contributed by atoms with Crippen LogP contribution in [0.25, 0.3) is 0 Å². The fourth-order valence-corrected chi connectivity index (χ4v) is 2.71. The predicted octanol–water partition coefficient (Wildman–Crippen LogP) is 6.10. The van der Waals surface area contributed by atoms with E-state index in [1.807, 2.05) is 43.3 Å². The molecule has 0 spiro atoms. The molecule has 0 fully saturated rings. The Kier molecular flexibility index (Phi) is 4.71. The maximum atomic E-state index is 5.97. The van der Waals surface area contributed by atoms with Crippen molar-refractivity contribution >= 4 is 43.5 Å². The SMILES string of the molecule is Cc1cc(Br)ccc1Oc1ccc(Cl)cc1CBr. The number of alkyl halides is 1. The maximum Gasteiger partial charge on any atom is 0.131 e. The molecule has 0 aliphatic rings. The third-order valence-corrected chi connectivity index (χ3v) is 3.86. The molecule has 94 valence electrons. The Balaban J connectivity index is 2.33. The second-order valence-electron chi connectivity index (χ2n) is 3.90. The Bertz CT molecular complexity index is 570. The van der Waals surface area contributed by atoms with Gasteiger partial charge in [-0.15, -0.1) is 0 Å². The van der Waals surface area contributed by atoms with Gasteiger partial charge in [-0.05, 0) is 48.9 Å². The normalized spacial score (nSPS) is 10.4. The van der Waals surface area contributed by atoms with Gasteiger partial charge in [-0.1, -0.05) is 43.5 Å². The van der Waals surface area contributed by atoms with E-state index < -0.39 is 0 Å². The monoisotopic (exact) mass is 388 g/mol. The number of hydrogen-bond acceptors (Lipinski definition) is 1. The summed E-state index contributed by atoms with van der Waals surface area (Å²) in [4.78, 5) is 0. The number of benzene rings is 2. The molecule has 18 heavy (non-hydrogen) atoms. The molecule has 4 heteroatoms. The topological polar surface area (TPSA) is 9.23 Å². The van der Waals surface area contributed by atoms with Crippen LogP contribution in [0.3, 0.4) is 0 Å². The van der Waals surface area contributed by atoms with Crippen molar-refractivity contribution in [2.45, 2.75) is 12.3 Å². The highest BCUT2D eigenvalue weighted by atomic mass is 79.9. The van der Waals surface area contributed by atoms with E-state index in [0.29, 0.717) is 10.4 Å². The first-order valence-corrected chi connectivity index (χ1v) is 7.68. The Labute approximate surface area is 128 Å². The van der Waals surface area contributed by atoms with E-state index >= 15 is 0 Å². The molecule has 2 aromatic carbocycles. The Morgan fingerprint density at radius 3 is 2.50 bits per heavy atom. The zero-order valence-electron chi connectivity index (χ0n) is 9.71. The molecule has 0 atom stereocenters. The van der Waals surface area contributed by atoms with E-state index in [2.05, 4.69) is 31.9 Å². The lowest BCUT2D eigenvalue weighted by molar-refractivity contribution is 0.475. The Morgan fingerprint density at radius 2 is 1.83 bits per heavy atom. The number of hydrogen-bond donors (Lipinski definition) is 0. The molecule has 0 bridgehead atoms. The van der Waals surface area contributed by atoms with Crippen LogP contribution in [0.2, 0.25) is 5.02 Å². The number of halogens is 3. The molecule has 2 rings (SSSR count). The number of ether oxygens (including phenoxy) is 1. The van der Waals surface area contributed by atoms with Gasteiger partial charge in [0.2, 0.25) is 0 Å². The van der Waals surface area contributed by atoms with Gasteiger partial charge in [0.25, 0.3) is 0 Å². The zero-order chi connectivity index (χ0) is 13.1. The van der Waals surface area contributed by atoms with Gasteiger partial charge in [0.05, 0.1) is 0 Å². The van der Waals surface area contributed by atoms with Crippen molar-refractivity contribution in [1.82, 2.24) is 0 Å². The highest BCUT2D eigenvalue weighted by Crippen LogP contribution is 2.32. The van der Waals surface area contributed by atoms with E-state index in [4.69, 9.17) is 16.3 Å². The molecule has 0 aliphatic carbocycles. The summed E-state index contributed by atoms with van der Waals surface area (Å²) in [6.07, 6.45) is 0. The standard InChI is InChI=1S/C14H11Br2ClO/c1-9-6-11(16)2-4-13(9)18-14-5-3-12(17)7-10(14)8-15/h2-7H,8H2,1H3. The maximum absolute atomic E-state index is 5.97. The van der Waals surface area contributed by atoms with E-state index in [9.17, 15) is 0 Å². The van der Waals surface area contributed by atoms with Gasteiger partial charge < -0.3 is 4.74 Å².